The third-order valence-corrected chi connectivity index (χ3v) is 8.05. The molecule has 3 aliphatic heterocycles. The van der Waals surface area contributed by atoms with Crippen molar-refractivity contribution in [3.05, 3.63) is 47.9 Å². The number of likely N-dealkylation sites (tertiary alicyclic amines) is 1. The van der Waals surface area contributed by atoms with Crippen LogP contribution in [0.3, 0.4) is 0 Å². The van der Waals surface area contributed by atoms with Gasteiger partial charge in [0.25, 0.3) is 0 Å². The molecule has 1 amide bonds. The Bertz CT molecular complexity index is 1270. The van der Waals surface area contributed by atoms with Gasteiger partial charge in [-0.25, -0.2) is 4.39 Å². The molecule has 2 saturated heterocycles. The topological polar surface area (TPSA) is 98.1 Å². The van der Waals surface area contributed by atoms with Crippen LogP contribution in [-0.2, 0) is 17.6 Å². The van der Waals surface area contributed by atoms with E-state index in [1.165, 1.54) is 45.0 Å². The third-order valence-electron chi connectivity index (χ3n) is 8.05. The van der Waals surface area contributed by atoms with Crippen LogP contribution in [0, 0.1) is 17.1 Å². The van der Waals surface area contributed by atoms with E-state index in [4.69, 9.17) is 14.7 Å². The number of carbonyl (C=O) groups excluding carboxylic acids is 1. The molecule has 1 aromatic carbocycles. The lowest BCUT2D eigenvalue weighted by molar-refractivity contribution is -0.126. The third kappa shape index (κ3) is 7.29. The SMILES string of the molecule is C=CC(=O)N1CCN(c2nc(OC)nc3c2CCC(N2CCOc4cccc(F)c42)C3)CC1.CC#N.CN1CCCC1. The fraction of sp³-hybridized carbons (Fsp3) is 0.548. The molecule has 11 heteroatoms. The quantitative estimate of drug-likeness (QED) is 0.505. The Labute approximate surface area is 248 Å². The zero-order valence-electron chi connectivity index (χ0n) is 25.0. The first-order valence-corrected chi connectivity index (χ1v) is 14.7. The van der Waals surface area contributed by atoms with E-state index < -0.39 is 0 Å². The van der Waals surface area contributed by atoms with Crippen LogP contribution in [0.15, 0.2) is 30.9 Å². The van der Waals surface area contributed by atoms with E-state index in [9.17, 15) is 9.18 Å². The van der Waals surface area contributed by atoms with Crippen LogP contribution in [0.5, 0.6) is 11.8 Å². The summed E-state index contributed by atoms with van der Waals surface area (Å²) < 4.78 is 25.8. The van der Waals surface area contributed by atoms with Gasteiger partial charge in [-0.15, -0.1) is 0 Å². The molecule has 0 spiro atoms. The first-order chi connectivity index (χ1) is 20.4. The van der Waals surface area contributed by atoms with E-state index in [1.807, 2.05) is 6.07 Å². The molecular weight excluding hydrogens is 537 g/mol. The molecule has 4 heterocycles. The van der Waals surface area contributed by atoms with Gasteiger partial charge < -0.3 is 29.1 Å². The van der Waals surface area contributed by atoms with Crippen molar-refractivity contribution in [1.29, 1.82) is 5.26 Å². The van der Waals surface area contributed by atoms with Gasteiger partial charge in [0.2, 0.25) is 5.91 Å². The number of nitrogens with zero attached hydrogens (tertiary/aromatic N) is 7. The number of rotatable bonds is 4. The lowest BCUT2D eigenvalue weighted by Gasteiger charge is -2.41. The average Bonchev–Trinajstić information content (AvgIpc) is 3.51. The molecule has 226 valence electrons. The second kappa shape index (κ2) is 14.8. The van der Waals surface area contributed by atoms with Gasteiger partial charge in [-0.3, -0.25) is 4.79 Å². The zero-order valence-corrected chi connectivity index (χ0v) is 25.0. The summed E-state index contributed by atoms with van der Waals surface area (Å²) in [5, 5.41) is 7.32. The summed E-state index contributed by atoms with van der Waals surface area (Å²) in [6.07, 6.45) is 6.54. The van der Waals surface area contributed by atoms with Gasteiger partial charge >= 0.3 is 6.01 Å². The number of ether oxygens (including phenoxy) is 2. The predicted molar refractivity (Wildman–Crippen MR) is 161 cm³/mol. The van der Waals surface area contributed by atoms with Gasteiger partial charge in [0, 0.05) is 51.1 Å². The lowest BCUT2D eigenvalue weighted by atomic mass is 9.90. The molecule has 0 bridgehead atoms. The molecular formula is C31H42FN7O3. The summed E-state index contributed by atoms with van der Waals surface area (Å²) in [5.41, 5.74) is 2.61. The number of amides is 1. The number of benzene rings is 1. The van der Waals surface area contributed by atoms with E-state index in [0.717, 1.165) is 29.9 Å². The Morgan fingerprint density at radius 2 is 1.88 bits per heavy atom. The summed E-state index contributed by atoms with van der Waals surface area (Å²) in [6.45, 7) is 11.5. The van der Waals surface area contributed by atoms with Gasteiger partial charge in [0.15, 0.2) is 0 Å². The van der Waals surface area contributed by atoms with Gasteiger partial charge in [-0.1, -0.05) is 12.6 Å². The van der Waals surface area contributed by atoms with Gasteiger partial charge in [-0.2, -0.15) is 15.2 Å². The Hall–Kier alpha value is -3.91. The molecule has 1 aromatic heterocycles. The molecule has 1 atom stereocenters. The Balaban J connectivity index is 0.000000390. The Morgan fingerprint density at radius 1 is 1.17 bits per heavy atom. The van der Waals surface area contributed by atoms with Gasteiger partial charge in [0.05, 0.1) is 25.4 Å². The van der Waals surface area contributed by atoms with Crippen molar-refractivity contribution in [3.8, 4) is 17.8 Å². The van der Waals surface area contributed by atoms with Gasteiger partial charge in [0.1, 0.15) is 29.7 Å². The summed E-state index contributed by atoms with van der Waals surface area (Å²) in [6, 6.07) is 7.19. The highest BCUT2D eigenvalue weighted by atomic mass is 19.1. The van der Waals surface area contributed by atoms with Crippen LogP contribution in [0.1, 0.15) is 37.4 Å². The number of methoxy groups -OCH3 is 1. The maximum absolute atomic E-state index is 14.7. The van der Waals surface area contributed by atoms with E-state index in [2.05, 4.69) is 38.3 Å². The molecule has 0 saturated carbocycles. The standard InChI is InChI=1S/C24H28FN5O3.C5H11N.C2H3N/c1-3-21(31)28-9-11-29(12-10-28)23-17-8-7-16(15-19(17)26-24(27-23)32-2)30-13-14-33-20-6-4-5-18(25)22(20)30;1-6-4-2-3-5-6;1-2-3/h3-6,16H,1,7-15H2,2H3;2-5H2,1H3;1H3. The van der Waals surface area contributed by atoms with Crippen molar-refractivity contribution in [2.75, 3.05) is 76.4 Å². The molecule has 1 unspecified atom stereocenters. The highest BCUT2D eigenvalue weighted by molar-refractivity contribution is 5.87. The van der Waals surface area contributed by atoms with Crippen LogP contribution >= 0.6 is 0 Å². The van der Waals surface area contributed by atoms with Crippen molar-refractivity contribution in [2.24, 2.45) is 0 Å². The number of nitriles is 1. The molecule has 1 aliphatic carbocycles. The molecule has 2 fully saturated rings. The number of piperazine rings is 1. The highest BCUT2D eigenvalue weighted by Crippen LogP contribution is 2.39. The Morgan fingerprint density at radius 3 is 2.50 bits per heavy atom. The zero-order chi connectivity index (χ0) is 30.1. The van der Waals surface area contributed by atoms with E-state index in [1.54, 1.807) is 24.1 Å². The summed E-state index contributed by atoms with van der Waals surface area (Å²) in [4.78, 5) is 29.8. The predicted octanol–water partition coefficient (Wildman–Crippen LogP) is 3.46. The van der Waals surface area contributed by atoms with Crippen LogP contribution in [0.25, 0.3) is 0 Å². The maximum atomic E-state index is 14.7. The van der Waals surface area contributed by atoms with Crippen LogP contribution in [-0.4, -0.2) is 98.3 Å². The van der Waals surface area contributed by atoms with E-state index in [0.29, 0.717) is 63.2 Å². The summed E-state index contributed by atoms with van der Waals surface area (Å²) >= 11 is 0. The molecule has 2 aromatic rings. The average molecular weight is 580 g/mol. The van der Waals surface area contributed by atoms with Crippen LogP contribution in [0.4, 0.5) is 15.9 Å². The number of anilines is 2. The number of carbonyl (C=O) groups is 1. The molecule has 6 rings (SSSR count). The van der Waals surface area contributed by atoms with Crippen molar-refractivity contribution < 1.29 is 18.7 Å². The van der Waals surface area contributed by atoms with E-state index >= 15 is 0 Å². The Kier molecular flexibility index (Phi) is 11.0. The van der Waals surface area contributed by atoms with E-state index in [-0.39, 0.29) is 17.8 Å². The van der Waals surface area contributed by atoms with Crippen molar-refractivity contribution in [3.63, 3.8) is 0 Å². The first kappa shape index (κ1) is 31.0. The number of halogens is 1. The van der Waals surface area contributed by atoms with Crippen molar-refractivity contribution in [2.45, 2.75) is 45.1 Å². The largest absolute Gasteiger partial charge is 0.489 e. The molecule has 42 heavy (non-hydrogen) atoms. The monoisotopic (exact) mass is 579 g/mol. The fourth-order valence-electron chi connectivity index (χ4n) is 5.94. The number of hydrogen-bond donors (Lipinski definition) is 0. The van der Waals surface area contributed by atoms with Gasteiger partial charge in [-0.05, 0) is 64.0 Å². The number of aromatic nitrogens is 2. The van der Waals surface area contributed by atoms with Crippen molar-refractivity contribution in [1.82, 2.24) is 19.8 Å². The van der Waals surface area contributed by atoms with Crippen molar-refractivity contribution >= 4 is 17.4 Å². The highest BCUT2D eigenvalue weighted by Gasteiger charge is 2.34. The summed E-state index contributed by atoms with van der Waals surface area (Å²) in [5.74, 6) is 1.18. The number of para-hydroxylation sites is 1. The minimum atomic E-state index is -0.258. The second-order valence-electron chi connectivity index (χ2n) is 10.7. The lowest BCUT2D eigenvalue weighted by Crippen LogP contribution is -2.49. The smallest absolute Gasteiger partial charge is 0.318 e. The fourth-order valence-corrected chi connectivity index (χ4v) is 5.94. The minimum absolute atomic E-state index is 0.0437. The maximum Gasteiger partial charge on any atom is 0.318 e. The number of hydrogen-bond acceptors (Lipinski definition) is 9. The second-order valence-corrected chi connectivity index (χ2v) is 10.7. The normalized spacial score (nSPS) is 19.5. The number of fused-ring (bicyclic) bond motifs is 2. The molecule has 10 nitrogen and oxygen atoms in total. The molecule has 4 aliphatic rings. The minimum Gasteiger partial charge on any atom is -0.489 e. The summed E-state index contributed by atoms with van der Waals surface area (Å²) in [7, 11) is 3.74. The van der Waals surface area contributed by atoms with Crippen LogP contribution in [0.2, 0.25) is 0 Å². The first-order valence-electron chi connectivity index (χ1n) is 14.7. The van der Waals surface area contributed by atoms with Crippen LogP contribution < -0.4 is 19.3 Å². The molecule has 0 N–H and O–H groups in total. The molecule has 0 radical (unpaired) electrons.